The van der Waals surface area contributed by atoms with Crippen LogP contribution in [0.25, 0.3) is 10.1 Å². The molecule has 28 heavy (non-hydrogen) atoms. The maximum Gasteiger partial charge on any atom is 0.348 e. The van der Waals surface area contributed by atoms with Gasteiger partial charge in [-0.25, -0.2) is 9.59 Å². The first-order valence-corrected chi connectivity index (χ1v) is 9.69. The standard InChI is InChI=1S/C18H19N3O6S/c22-16(20-18(24)19-12-4-2-1-3-5-12)10-27-17(23)15-9-11-8-13(21(25)26)6-7-14(11)28-15/h6-9,12H,1-5,10H2,(H2,19,20,22,24). The van der Waals surface area contributed by atoms with E-state index in [0.29, 0.717) is 10.1 Å². The maximum atomic E-state index is 12.1. The van der Waals surface area contributed by atoms with E-state index in [1.165, 1.54) is 18.2 Å². The highest BCUT2D eigenvalue weighted by Gasteiger charge is 2.19. The Kier molecular flexibility index (Phi) is 6.19. The normalized spacial score (nSPS) is 14.4. The van der Waals surface area contributed by atoms with Gasteiger partial charge in [-0.2, -0.15) is 0 Å². The highest BCUT2D eigenvalue weighted by atomic mass is 32.1. The minimum Gasteiger partial charge on any atom is -0.451 e. The molecule has 3 amide bonds. The molecule has 2 aromatic rings. The largest absolute Gasteiger partial charge is 0.451 e. The summed E-state index contributed by atoms with van der Waals surface area (Å²) in [6.45, 7) is -0.592. The number of carbonyl (C=O) groups is 3. The molecule has 0 radical (unpaired) electrons. The number of fused-ring (bicyclic) bond motifs is 1. The van der Waals surface area contributed by atoms with Crippen LogP contribution in [0.1, 0.15) is 41.8 Å². The summed E-state index contributed by atoms with van der Waals surface area (Å²) in [5.74, 6) is -1.45. The van der Waals surface area contributed by atoms with Crippen molar-refractivity contribution in [2.24, 2.45) is 0 Å². The number of urea groups is 1. The molecule has 1 aliphatic rings. The summed E-state index contributed by atoms with van der Waals surface area (Å²) in [7, 11) is 0. The Morgan fingerprint density at radius 2 is 1.93 bits per heavy atom. The second-order valence-electron chi connectivity index (χ2n) is 6.52. The fourth-order valence-electron chi connectivity index (χ4n) is 3.08. The van der Waals surface area contributed by atoms with E-state index in [2.05, 4.69) is 10.6 Å². The molecular weight excluding hydrogens is 386 g/mol. The topological polar surface area (TPSA) is 128 Å². The van der Waals surface area contributed by atoms with Crippen LogP contribution in [0.2, 0.25) is 0 Å². The van der Waals surface area contributed by atoms with Crippen LogP contribution in [0.4, 0.5) is 10.5 Å². The van der Waals surface area contributed by atoms with Crippen molar-refractivity contribution in [3.05, 3.63) is 39.3 Å². The minimum absolute atomic E-state index is 0.0618. The molecule has 1 aromatic heterocycles. The molecule has 1 heterocycles. The zero-order valence-corrected chi connectivity index (χ0v) is 15.8. The third-order valence-corrected chi connectivity index (χ3v) is 5.54. The van der Waals surface area contributed by atoms with Crippen LogP contribution in [-0.2, 0) is 9.53 Å². The van der Waals surface area contributed by atoms with Crippen molar-refractivity contribution in [3.63, 3.8) is 0 Å². The van der Waals surface area contributed by atoms with Crippen LogP contribution in [0.5, 0.6) is 0 Å². The zero-order chi connectivity index (χ0) is 20.1. The molecule has 9 nitrogen and oxygen atoms in total. The molecule has 0 spiro atoms. The van der Waals surface area contributed by atoms with E-state index >= 15 is 0 Å². The lowest BCUT2D eigenvalue weighted by Crippen LogP contribution is -2.46. The van der Waals surface area contributed by atoms with Crippen LogP contribution in [-0.4, -0.2) is 35.5 Å². The van der Waals surface area contributed by atoms with Crippen molar-refractivity contribution in [2.75, 3.05) is 6.61 Å². The number of nitro benzene ring substituents is 1. The number of amides is 3. The van der Waals surface area contributed by atoms with Crippen molar-refractivity contribution in [3.8, 4) is 0 Å². The molecule has 10 heteroatoms. The summed E-state index contributed by atoms with van der Waals surface area (Å²) in [4.78, 5) is 46.2. The van der Waals surface area contributed by atoms with E-state index < -0.39 is 29.4 Å². The van der Waals surface area contributed by atoms with E-state index in [1.807, 2.05) is 0 Å². The third kappa shape index (κ3) is 5.03. The number of thiophene rings is 1. The van der Waals surface area contributed by atoms with Gasteiger partial charge < -0.3 is 10.1 Å². The van der Waals surface area contributed by atoms with Crippen molar-refractivity contribution < 1.29 is 24.0 Å². The number of hydrogen-bond acceptors (Lipinski definition) is 7. The molecule has 0 bridgehead atoms. The molecule has 1 fully saturated rings. The van der Waals surface area contributed by atoms with Gasteiger partial charge in [-0.1, -0.05) is 19.3 Å². The van der Waals surface area contributed by atoms with Gasteiger partial charge in [0, 0.05) is 28.3 Å². The van der Waals surface area contributed by atoms with Crippen molar-refractivity contribution in [1.29, 1.82) is 0 Å². The molecule has 2 N–H and O–H groups in total. The molecule has 148 valence electrons. The fourth-order valence-corrected chi connectivity index (χ4v) is 4.02. The molecule has 0 unspecified atom stereocenters. The summed E-state index contributed by atoms with van der Waals surface area (Å²) >= 11 is 1.11. The number of benzene rings is 1. The van der Waals surface area contributed by atoms with Gasteiger partial charge in [-0.05, 0) is 25.0 Å². The first kappa shape index (κ1) is 19.7. The van der Waals surface area contributed by atoms with E-state index in [-0.39, 0.29) is 16.6 Å². The van der Waals surface area contributed by atoms with E-state index in [0.717, 1.165) is 43.4 Å². The molecule has 1 aromatic carbocycles. The molecule has 1 saturated carbocycles. The second kappa shape index (κ2) is 8.79. The summed E-state index contributed by atoms with van der Waals surface area (Å²) in [6, 6.07) is 5.21. The fraction of sp³-hybridized carbons (Fsp3) is 0.389. The molecule has 3 rings (SSSR count). The number of carbonyl (C=O) groups excluding carboxylic acids is 3. The predicted octanol–water partition coefficient (Wildman–Crippen LogP) is 3.12. The quantitative estimate of drug-likeness (QED) is 0.447. The molecule has 1 aliphatic carbocycles. The highest BCUT2D eigenvalue weighted by molar-refractivity contribution is 7.20. The number of nitro groups is 1. The van der Waals surface area contributed by atoms with Crippen LogP contribution >= 0.6 is 11.3 Å². The minimum atomic E-state index is -0.730. The number of hydrogen-bond donors (Lipinski definition) is 2. The number of nitrogens with zero attached hydrogens (tertiary/aromatic N) is 1. The van der Waals surface area contributed by atoms with Gasteiger partial charge in [0.05, 0.1) is 4.92 Å². The van der Waals surface area contributed by atoms with Gasteiger partial charge in [-0.15, -0.1) is 11.3 Å². The number of rotatable bonds is 5. The van der Waals surface area contributed by atoms with Crippen LogP contribution in [0, 0.1) is 10.1 Å². The number of imide groups is 1. The van der Waals surface area contributed by atoms with Crippen LogP contribution in [0.3, 0.4) is 0 Å². The number of ether oxygens (including phenoxy) is 1. The lowest BCUT2D eigenvalue weighted by atomic mass is 9.96. The third-order valence-electron chi connectivity index (χ3n) is 4.44. The summed E-state index contributed by atoms with van der Waals surface area (Å²) < 4.78 is 5.62. The summed E-state index contributed by atoms with van der Waals surface area (Å²) in [6.07, 6.45) is 5.03. The number of nitrogens with one attached hydrogen (secondary N) is 2. The average molecular weight is 405 g/mol. The summed E-state index contributed by atoms with van der Waals surface area (Å²) in [5, 5.41) is 16.2. The van der Waals surface area contributed by atoms with E-state index in [9.17, 15) is 24.5 Å². The Balaban J connectivity index is 1.50. The highest BCUT2D eigenvalue weighted by Crippen LogP contribution is 2.29. The number of non-ortho nitro benzene ring substituents is 1. The summed E-state index contributed by atoms with van der Waals surface area (Å²) in [5.41, 5.74) is -0.0754. The zero-order valence-electron chi connectivity index (χ0n) is 14.9. The maximum absolute atomic E-state index is 12.1. The Bertz CT molecular complexity index is 919. The van der Waals surface area contributed by atoms with Gasteiger partial charge in [0.2, 0.25) is 0 Å². The lowest BCUT2D eigenvalue weighted by molar-refractivity contribution is -0.384. The second-order valence-corrected chi connectivity index (χ2v) is 7.61. The van der Waals surface area contributed by atoms with Crippen LogP contribution in [0.15, 0.2) is 24.3 Å². The van der Waals surface area contributed by atoms with Gasteiger partial charge in [0.1, 0.15) is 4.88 Å². The van der Waals surface area contributed by atoms with Gasteiger partial charge in [0.15, 0.2) is 6.61 Å². The first-order valence-electron chi connectivity index (χ1n) is 8.88. The van der Waals surface area contributed by atoms with Crippen LogP contribution < -0.4 is 10.6 Å². The van der Waals surface area contributed by atoms with Gasteiger partial charge in [0.25, 0.3) is 11.6 Å². The smallest absolute Gasteiger partial charge is 0.348 e. The van der Waals surface area contributed by atoms with Crippen molar-refractivity contribution in [1.82, 2.24) is 10.6 Å². The Labute approximate surface area is 164 Å². The Hall–Kier alpha value is -3.01. The predicted molar refractivity (Wildman–Crippen MR) is 102 cm³/mol. The molecule has 0 saturated heterocycles. The van der Waals surface area contributed by atoms with Crippen molar-refractivity contribution >= 4 is 45.0 Å². The average Bonchev–Trinajstić information content (AvgIpc) is 3.10. The number of esters is 1. The van der Waals surface area contributed by atoms with Gasteiger partial charge in [-0.3, -0.25) is 20.2 Å². The van der Waals surface area contributed by atoms with E-state index in [4.69, 9.17) is 4.74 Å². The SMILES string of the molecule is O=C(COC(=O)c1cc2cc([N+](=O)[O-])ccc2s1)NC(=O)NC1CCCCC1. The monoisotopic (exact) mass is 405 g/mol. The Morgan fingerprint density at radius 1 is 1.18 bits per heavy atom. The van der Waals surface area contributed by atoms with Gasteiger partial charge >= 0.3 is 12.0 Å². The molecular formula is C18H19N3O6S. The molecule has 0 atom stereocenters. The first-order chi connectivity index (χ1) is 13.4. The van der Waals surface area contributed by atoms with Crippen molar-refractivity contribution in [2.45, 2.75) is 38.1 Å². The van der Waals surface area contributed by atoms with E-state index in [1.54, 1.807) is 6.07 Å². The Morgan fingerprint density at radius 3 is 2.64 bits per heavy atom. The molecule has 0 aliphatic heterocycles. The lowest BCUT2D eigenvalue weighted by Gasteiger charge is -2.22.